The fourth-order valence-electron chi connectivity index (χ4n) is 3.14. The number of unbranched alkanes of at least 4 members (excludes halogenated alkanes) is 5. The summed E-state index contributed by atoms with van der Waals surface area (Å²) in [6.45, 7) is 4.44. The molecule has 22 heavy (non-hydrogen) atoms. The number of aryl methyl sites for hydroxylation is 1. The van der Waals surface area contributed by atoms with E-state index in [4.69, 9.17) is 0 Å². The van der Waals surface area contributed by atoms with Crippen molar-refractivity contribution in [3.63, 3.8) is 0 Å². The average Bonchev–Trinajstić information content (AvgIpc) is 2.56. The van der Waals surface area contributed by atoms with Gasteiger partial charge in [0.15, 0.2) is 0 Å². The molecule has 0 N–H and O–H groups in total. The van der Waals surface area contributed by atoms with Gasteiger partial charge >= 0.3 is 0 Å². The van der Waals surface area contributed by atoms with E-state index in [1.807, 2.05) is 0 Å². The highest BCUT2D eigenvalue weighted by Gasteiger charge is 2.13. The van der Waals surface area contributed by atoms with Crippen molar-refractivity contribution in [1.82, 2.24) is 0 Å². The lowest BCUT2D eigenvalue weighted by Crippen LogP contribution is -2.01. The molecule has 2 aromatic rings. The standard InChI is InChI=1S/C22H30/c1-3-4-5-6-7-11-14-22(20-12-9-8-10-13-20)21-17-15-19(2)16-18-21/h8-10,12-13,15-18,22H,3-7,11,14H2,1-2H3. The van der Waals surface area contributed by atoms with Crippen LogP contribution in [0.15, 0.2) is 54.6 Å². The summed E-state index contributed by atoms with van der Waals surface area (Å²) in [6, 6.07) is 20.1. The first kappa shape index (κ1) is 16.8. The van der Waals surface area contributed by atoms with Gasteiger partial charge in [0.25, 0.3) is 0 Å². The molecular formula is C22H30. The summed E-state index contributed by atoms with van der Waals surface area (Å²) in [5, 5.41) is 0. The second-order valence-electron chi connectivity index (χ2n) is 6.43. The minimum absolute atomic E-state index is 0.549. The van der Waals surface area contributed by atoms with Crippen molar-refractivity contribution in [1.29, 1.82) is 0 Å². The van der Waals surface area contributed by atoms with Crippen molar-refractivity contribution in [2.24, 2.45) is 0 Å². The molecule has 0 fully saturated rings. The summed E-state index contributed by atoms with van der Waals surface area (Å²) in [5.41, 5.74) is 4.26. The van der Waals surface area contributed by atoms with E-state index in [0.29, 0.717) is 5.92 Å². The lowest BCUT2D eigenvalue weighted by atomic mass is 9.86. The Morgan fingerprint density at radius 2 is 1.27 bits per heavy atom. The second kappa shape index (κ2) is 9.46. The van der Waals surface area contributed by atoms with Crippen molar-refractivity contribution in [3.8, 4) is 0 Å². The van der Waals surface area contributed by atoms with Crippen molar-refractivity contribution in [2.75, 3.05) is 0 Å². The first-order valence-corrected chi connectivity index (χ1v) is 8.92. The molecule has 0 saturated carbocycles. The lowest BCUT2D eigenvalue weighted by molar-refractivity contribution is 0.568. The van der Waals surface area contributed by atoms with Crippen LogP contribution in [0.4, 0.5) is 0 Å². The molecule has 118 valence electrons. The molecule has 0 heterocycles. The molecule has 0 aliphatic rings. The Balaban J connectivity index is 1.98. The minimum Gasteiger partial charge on any atom is -0.0654 e. The normalized spacial score (nSPS) is 12.3. The molecular weight excluding hydrogens is 264 g/mol. The summed E-state index contributed by atoms with van der Waals surface area (Å²) in [4.78, 5) is 0. The Morgan fingerprint density at radius 1 is 0.682 bits per heavy atom. The van der Waals surface area contributed by atoms with Crippen molar-refractivity contribution < 1.29 is 0 Å². The van der Waals surface area contributed by atoms with E-state index in [9.17, 15) is 0 Å². The van der Waals surface area contributed by atoms with Crippen LogP contribution in [0.25, 0.3) is 0 Å². The van der Waals surface area contributed by atoms with Gasteiger partial charge in [-0.1, -0.05) is 106 Å². The van der Waals surface area contributed by atoms with E-state index in [2.05, 4.69) is 68.4 Å². The maximum absolute atomic E-state index is 2.31. The van der Waals surface area contributed by atoms with Crippen LogP contribution < -0.4 is 0 Å². The summed E-state index contributed by atoms with van der Waals surface area (Å²) < 4.78 is 0. The zero-order valence-electron chi connectivity index (χ0n) is 14.2. The molecule has 1 atom stereocenters. The number of hydrogen-bond donors (Lipinski definition) is 0. The molecule has 0 nitrogen and oxygen atoms in total. The third-order valence-electron chi connectivity index (χ3n) is 4.53. The molecule has 1 unspecified atom stereocenters. The maximum Gasteiger partial charge on any atom is 0.00893 e. The third kappa shape index (κ3) is 5.33. The minimum atomic E-state index is 0.549. The van der Waals surface area contributed by atoms with Gasteiger partial charge in [-0.15, -0.1) is 0 Å². The van der Waals surface area contributed by atoms with Crippen LogP contribution in [0, 0.1) is 6.92 Å². The van der Waals surface area contributed by atoms with E-state index in [1.165, 1.54) is 61.6 Å². The van der Waals surface area contributed by atoms with Gasteiger partial charge in [-0.05, 0) is 24.5 Å². The molecule has 0 radical (unpaired) electrons. The molecule has 0 aliphatic carbocycles. The predicted octanol–water partition coefficient (Wildman–Crippen LogP) is 6.88. The van der Waals surface area contributed by atoms with Crippen molar-refractivity contribution >= 4 is 0 Å². The molecule has 0 aromatic heterocycles. The molecule has 0 aliphatic heterocycles. The lowest BCUT2D eigenvalue weighted by Gasteiger charge is -2.18. The first-order valence-electron chi connectivity index (χ1n) is 8.92. The fraction of sp³-hybridized carbons (Fsp3) is 0.455. The van der Waals surface area contributed by atoms with Gasteiger partial charge in [0.1, 0.15) is 0 Å². The molecule has 0 spiro atoms. The van der Waals surface area contributed by atoms with Crippen molar-refractivity contribution in [3.05, 3.63) is 71.3 Å². The van der Waals surface area contributed by atoms with E-state index in [-0.39, 0.29) is 0 Å². The summed E-state index contributed by atoms with van der Waals surface area (Å²) >= 11 is 0. The first-order chi connectivity index (χ1) is 10.8. The van der Waals surface area contributed by atoms with Gasteiger partial charge in [-0.25, -0.2) is 0 Å². The van der Waals surface area contributed by atoms with Crippen LogP contribution in [0.1, 0.15) is 74.5 Å². The number of hydrogen-bond acceptors (Lipinski definition) is 0. The van der Waals surface area contributed by atoms with Gasteiger partial charge in [-0.2, -0.15) is 0 Å². The van der Waals surface area contributed by atoms with Crippen LogP contribution in [0.3, 0.4) is 0 Å². The number of benzene rings is 2. The van der Waals surface area contributed by atoms with Gasteiger partial charge in [-0.3, -0.25) is 0 Å². The Kier molecular flexibility index (Phi) is 7.22. The summed E-state index contributed by atoms with van der Waals surface area (Å²) in [5.74, 6) is 0.549. The molecule has 0 heteroatoms. The van der Waals surface area contributed by atoms with Gasteiger partial charge in [0, 0.05) is 5.92 Å². The highest BCUT2D eigenvalue weighted by molar-refractivity contribution is 5.33. The average molecular weight is 294 g/mol. The highest BCUT2D eigenvalue weighted by atomic mass is 14.2. The molecule has 0 bridgehead atoms. The Labute approximate surface area is 136 Å². The molecule has 0 amide bonds. The van der Waals surface area contributed by atoms with Gasteiger partial charge in [0.2, 0.25) is 0 Å². The number of rotatable bonds is 9. The van der Waals surface area contributed by atoms with Crippen LogP contribution in [0.2, 0.25) is 0 Å². The third-order valence-corrected chi connectivity index (χ3v) is 4.53. The highest BCUT2D eigenvalue weighted by Crippen LogP contribution is 2.30. The van der Waals surface area contributed by atoms with Crippen LogP contribution >= 0.6 is 0 Å². The molecule has 2 aromatic carbocycles. The fourth-order valence-corrected chi connectivity index (χ4v) is 3.14. The van der Waals surface area contributed by atoms with Crippen LogP contribution in [-0.2, 0) is 0 Å². The molecule has 2 rings (SSSR count). The predicted molar refractivity (Wildman–Crippen MR) is 97.5 cm³/mol. The Morgan fingerprint density at radius 3 is 1.95 bits per heavy atom. The van der Waals surface area contributed by atoms with Gasteiger partial charge < -0.3 is 0 Å². The van der Waals surface area contributed by atoms with E-state index < -0.39 is 0 Å². The Hall–Kier alpha value is -1.56. The maximum atomic E-state index is 2.31. The smallest absolute Gasteiger partial charge is 0.00893 e. The van der Waals surface area contributed by atoms with Crippen LogP contribution in [-0.4, -0.2) is 0 Å². The SMILES string of the molecule is CCCCCCCCC(c1ccccc1)c1ccc(C)cc1. The Bertz CT molecular complexity index is 509. The van der Waals surface area contributed by atoms with Gasteiger partial charge in [0.05, 0.1) is 0 Å². The van der Waals surface area contributed by atoms with E-state index in [0.717, 1.165) is 0 Å². The zero-order chi connectivity index (χ0) is 15.6. The summed E-state index contributed by atoms with van der Waals surface area (Å²) in [6.07, 6.45) is 9.47. The quantitative estimate of drug-likeness (QED) is 0.442. The largest absolute Gasteiger partial charge is 0.0654 e. The topological polar surface area (TPSA) is 0 Å². The second-order valence-corrected chi connectivity index (χ2v) is 6.43. The summed E-state index contributed by atoms with van der Waals surface area (Å²) in [7, 11) is 0. The van der Waals surface area contributed by atoms with E-state index >= 15 is 0 Å². The zero-order valence-corrected chi connectivity index (χ0v) is 14.2. The van der Waals surface area contributed by atoms with E-state index in [1.54, 1.807) is 0 Å². The van der Waals surface area contributed by atoms with Crippen LogP contribution in [0.5, 0.6) is 0 Å². The monoisotopic (exact) mass is 294 g/mol. The molecule has 0 saturated heterocycles. The van der Waals surface area contributed by atoms with Crippen molar-refractivity contribution in [2.45, 2.75) is 64.7 Å².